The average molecular weight is 224 g/mol. The van der Waals surface area contributed by atoms with Crippen molar-refractivity contribution in [3.8, 4) is 0 Å². The van der Waals surface area contributed by atoms with Crippen LogP contribution >= 0.6 is 0 Å². The number of aromatic nitrogens is 2. The number of rotatable bonds is 7. The molecule has 1 atom stereocenters. The molecule has 0 aliphatic carbocycles. The van der Waals surface area contributed by atoms with E-state index in [-0.39, 0.29) is 0 Å². The SMILES string of the molecule is CC(C)CC(CN(C)C)NCc1ccn[nH]1. The van der Waals surface area contributed by atoms with Crippen molar-refractivity contribution < 1.29 is 0 Å². The second-order valence-electron chi connectivity index (χ2n) is 5.05. The van der Waals surface area contributed by atoms with E-state index >= 15 is 0 Å². The molecule has 0 aliphatic heterocycles. The summed E-state index contributed by atoms with van der Waals surface area (Å²) < 4.78 is 0. The lowest BCUT2D eigenvalue weighted by molar-refractivity contribution is 0.304. The first-order chi connectivity index (χ1) is 7.58. The van der Waals surface area contributed by atoms with Gasteiger partial charge in [0.15, 0.2) is 0 Å². The quantitative estimate of drug-likeness (QED) is 0.737. The molecule has 1 heterocycles. The summed E-state index contributed by atoms with van der Waals surface area (Å²) in [7, 11) is 4.23. The van der Waals surface area contributed by atoms with Gasteiger partial charge in [-0.25, -0.2) is 0 Å². The Morgan fingerprint density at radius 3 is 2.69 bits per heavy atom. The van der Waals surface area contributed by atoms with Crippen molar-refractivity contribution in [2.45, 2.75) is 32.9 Å². The Kier molecular flexibility index (Phi) is 5.49. The van der Waals surface area contributed by atoms with Crippen molar-refractivity contribution in [3.63, 3.8) is 0 Å². The minimum atomic E-state index is 0.540. The maximum Gasteiger partial charge on any atom is 0.0490 e. The fourth-order valence-electron chi connectivity index (χ4n) is 1.87. The number of hydrogen-bond acceptors (Lipinski definition) is 3. The molecule has 0 aliphatic rings. The first-order valence-corrected chi connectivity index (χ1v) is 5.94. The molecule has 0 spiro atoms. The Labute approximate surface area is 98.4 Å². The third-order valence-corrected chi connectivity index (χ3v) is 2.48. The highest BCUT2D eigenvalue weighted by atomic mass is 15.1. The largest absolute Gasteiger partial charge is 0.308 e. The molecule has 4 heteroatoms. The van der Waals surface area contributed by atoms with Gasteiger partial charge in [0.2, 0.25) is 0 Å². The maximum absolute atomic E-state index is 3.95. The molecule has 0 bridgehead atoms. The first kappa shape index (κ1) is 13.2. The van der Waals surface area contributed by atoms with E-state index in [0.717, 1.165) is 24.7 Å². The maximum atomic E-state index is 3.95. The van der Waals surface area contributed by atoms with Gasteiger partial charge in [-0.3, -0.25) is 5.10 Å². The number of hydrogen-bond donors (Lipinski definition) is 2. The lowest BCUT2D eigenvalue weighted by Gasteiger charge is -2.23. The standard InChI is InChI=1S/C12H24N4/c1-10(2)7-12(9-16(3)4)13-8-11-5-6-14-15-11/h5-6,10,12-13H,7-9H2,1-4H3,(H,14,15). The van der Waals surface area contributed by atoms with Gasteiger partial charge in [-0.1, -0.05) is 13.8 Å². The Morgan fingerprint density at radius 1 is 1.44 bits per heavy atom. The molecule has 1 aromatic rings. The number of H-pyrrole nitrogens is 1. The van der Waals surface area contributed by atoms with Crippen molar-refractivity contribution in [3.05, 3.63) is 18.0 Å². The fourth-order valence-corrected chi connectivity index (χ4v) is 1.87. The van der Waals surface area contributed by atoms with Gasteiger partial charge >= 0.3 is 0 Å². The average Bonchev–Trinajstić information content (AvgIpc) is 2.64. The van der Waals surface area contributed by atoms with Crippen LogP contribution in [0.15, 0.2) is 12.3 Å². The molecule has 1 aromatic heterocycles. The van der Waals surface area contributed by atoms with Crippen LogP contribution < -0.4 is 5.32 Å². The number of aromatic amines is 1. The molecule has 4 nitrogen and oxygen atoms in total. The van der Waals surface area contributed by atoms with Crippen LogP contribution in [0.5, 0.6) is 0 Å². The monoisotopic (exact) mass is 224 g/mol. The topological polar surface area (TPSA) is 44.0 Å². The summed E-state index contributed by atoms with van der Waals surface area (Å²) in [5, 5.41) is 10.5. The second-order valence-corrected chi connectivity index (χ2v) is 5.05. The zero-order chi connectivity index (χ0) is 12.0. The molecule has 16 heavy (non-hydrogen) atoms. The van der Waals surface area contributed by atoms with E-state index in [1.807, 2.05) is 6.07 Å². The normalized spacial score (nSPS) is 13.6. The molecule has 0 aromatic carbocycles. The smallest absolute Gasteiger partial charge is 0.0490 e. The van der Waals surface area contributed by atoms with Crippen LogP contribution in [0.2, 0.25) is 0 Å². The highest BCUT2D eigenvalue weighted by Crippen LogP contribution is 2.06. The highest BCUT2D eigenvalue weighted by Gasteiger charge is 2.11. The molecule has 92 valence electrons. The zero-order valence-corrected chi connectivity index (χ0v) is 10.8. The van der Waals surface area contributed by atoms with Crippen molar-refractivity contribution in [2.24, 2.45) is 5.92 Å². The van der Waals surface area contributed by atoms with Crippen LogP contribution in [0.25, 0.3) is 0 Å². The number of nitrogens with zero attached hydrogens (tertiary/aromatic N) is 2. The van der Waals surface area contributed by atoms with Crippen LogP contribution in [-0.2, 0) is 6.54 Å². The van der Waals surface area contributed by atoms with Gasteiger partial charge in [0, 0.05) is 31.0 Å². The van der Waals surface area contributed by atoms with Gasteiger partial charge in [-0.15, -0.1) is 0 Å². The molecule has 0 saturated heterocycles. The van der Waals surface area contributed by atoms with E-state index in [1.165, 1.54) is 6.42 Å². The molecule has 2 N–H and O–H groups in total. The summed E-state index contributed by atoms with van der Waals surface area (Å²) in [6, 6.07) is 2.55. The lowest BCUT2D eigenvalue weighted by atomic mass is 10.0. The molecule has 0 fully saturated rings. The molecular formula is C12H24N4. The molecule has 1 unspecified atom stereocenters. The van der Waals surface area contributed by atoms with E-state index in [9.17, 15) is 0 Å². The summed E-state index contributed by atoms with van der Waals surface area (Å²) in [5.74, 6) is 0.721. The summed E-state index contributed by atoms with van der Waals surface area (Å²) in [6.45, 7) is 6.47. The number of likely N-dealkylation sites (N-methyl/N-ethyl adjacent to an activating group) is 1. The van der Waals surface area contributed by atoms with Crippen LogP contribution in [0.4, 0.5) is 0 Å². The van der Waals surface area contributed by atoms with Crippen molar-refractivity contribution in [2.75, 3.05) is 20.6 Å². The van der Waals surface area contributed by atoms with Crippen LogP contribution in [0, 0.1) is 5.92 Å². The molecule has 0 amide bonds. The zero-order valence-electron chi connectivity index (χ0n) is 10.8. The summed E-state index contributed by atoms with van der Waals surface area (Å²) in [4.78, 5) is 2.23. The van der Waals surface area contributed by atoms with Crippen LogP contribution in [0.3, 0.4) is 0 Å². The van der Waals surface area contributed by atoms with E-state index < -0.39 is 0 Å². The van der Waals surface area contributed by atoms with Gasteiger partial charge in [-0.05, 0) is 32.5 Å². The second kappa shape index (κ2) is 6.66. The molecular weight excluding hydrogens is 200 g/mol. The third-order valence-electron chi connectivity index (χ3n) is 2.48. The predicted octanol–water partition coefficient (Wildman–Crippen LogP) is 1.48. The van der Waals surface area contributed by atoms with Gasteiger partial charge in [0.1, 0.15) is 0 Å². The molecule has 1 rings (SSSR count). The van der Waals surface area contributed by atoms with Gasteiger partial charge in [-0.2, -0.15) is 5.10 Å². The first-order valence-electron chi connectivity index (χ1n) is 5.94. The van der Waals surface area contributed by atoms with E-state index in [4.69, 9.17) is 0 Å². The predicted molar refractivity (Wildman–Crippen MR) is 67.2 cm³/mol. The van der Waals surface area contributed by atoms with E-state index in [1.54, 1.807) is 6.20 Å². The highest BCUT2D eigenvalue weighted by molar-refractivity contribution is 4.97. The minimum absolute atomic E-state index is 0.540. The van der Waals surface area contributed by atoms with Gasteiger partial charge < -0.3 is 10.2 Å². The van der Waals surface area contributed by atoms with E-state index in [0.29, 0.717) is 6.04 Å². The fraction of sp³-hybridized carbons (Fsp3) is 0.750. The summed E-state index contributed by atoms with van der Waals surface area (Å²) >= 11 is 0. The summed E-state index contributed by atoms with van der Waals surface area (Å²) in [6.07, 6.45) is 2.99. The van der Waals surface area contributed by atoms with Crippen LogP contribution in [0.1, 0.15) is 26.0 Å². The van der Waals surface area contributed by atoms with E-state index in [2.05, 4.69) is 48.4 Å². The minimum Gasteiger partial charge on any atom is -0.308 e. The van der Waals surface area contributed by atoms with Crippen LogP contribution in [-0.4, -0.2) is 41.8 Å². The lowest BCUT2D eigenvalue weighted by Crippen LogP contribution is -2.38. The van der Waals surface area contributed by atoms with Crippen molar-refractivity contribution in [1.29, 1.82) is 0 Å². The molecule has 0 radical (unpaired) electrons. The Balaban J connectivity index is 2.37. The van der Waals surface area contributed by atoms with Gasteiger partial charge in [0.05, 0.1) is 0 Å². The van der Waals surface area contributed by atoms with Crippen molar-refractivity contribution >= 4 is 0 Å². The Bertz CT molecular complexity index is 257. The summed E-state index contributed by atoms with van der Waals surface area (Å²) in [5.41, 5.74) is 1.15. The Morgan fingerprint density at radius 2 is 2.19 bits per heavy atom. The Hall–Kier alpha value is -0.870. The third kappa shape index (κ3) is 5.28. The number of nitrogens with one attached hydrogen (secondary N) is 2. The van der Waals surface area contributed by atoms with Gasteiger partial charge in [0.25, 0.3) is 0 Å². The van der Waals surface area contributed by atoms with Crippen molar-refractivity contribution in [1.82, 2.24) is 20.4 Å². The molecule has 0 saturated carbocycles.